The molecular weight excluding hydrogens is 460 g/mol. The van der Waals surface area contributed by atoms with E-state index in [2.05, 4.69) is 29.3 Å². The SMILES string of the molecule is CCOC(=O)C1=C(C)N=c2sc(=Cc3ccccc3OCc3cccc4ccccc34)c(=O)n2C1. The predicted molar refractivity (Wildman–Crippen MR) is 137 cm³/mol. The summed E-state index contributed by atoms with van der Waals surface area (Å²) in [4.78, 5) is 30.5. The average Bonchev–Trinajstić information content (AvgIpc) is 3.16. The molecule has 0 saturated carbocycles. The summed E-state index contributed by atoms with van der Waals surface area (Å²) < 4.78 is 13.4. The van der Waals surface area contributed by atoms with Crippen molar-refractivity contribution in [3.05, 3.63) is 109 Å². The molecule has 6 nitrogen and oxygen atoms in total. The van der Waals surface area contributed by atoms with Crippen LogP contribution in [-0.4, -0.2) is 17.1 Å². The molecule has 176 valence electrons. The molecule has 1 aliphatic rings. The van der Waals surface area contributed by atoms with Gasteiger partial charge in [-0.2, -0.15) is 0 Å². The number of hydrogen-bond acceptors (Lipinski definition) is 6. The first-order chi connectivity index (χ1) is 17.0. The summed E-state index contributed by atoms with van der Waals surface area (Å²) in [7, 11) is 0. The van der Waals surface area contributed by atoms with Gasteiger partial charge < -0.3 is 9.47 Å². The van der Waals surface area contributed by atoms with Crippen LogP contribution in [0.1, 0.15) is 25.0 Å². The lowest BCUT2D eigenvalue weighted by Gasteiger charge is -2.12. The van der Waals surface area contributed by atoms with Gasteiger partial charge in [-0.15, -0.1) is 0 Å². The molecule has 1 aliphatic heterocycles. The van der Waals surface area contributed by atoms with E-state index in [1.54, 1.807) is 13.8 Å². The van der Waals surface area contributed by atoms with Gasteiger partial charge in [0.1, 0.15) is 12.4 Å². The largest absolute Gasteiger partial charge is 0.488 e. The molecule has 0 fully saturated rings. The topological polar surface area (TPSA) is 69.9 Å². The Balaban J connectivity index is 1.46. The monoisotopic (exact) mass is 484 g/mol. The van der Waals surface area contributed by atoms with Crippen molar-refractivity contribution in [1.82, 2.24) is 4.57 Å². The summed E-state index contributed by atoms with van der Waals surface area (Å²) in [5.41, 5.74) is 2.70. The second-order valence-corrected chi connectivity index (χ2v) is 9.15. The number of allylic oxidation sites excluding steroid dienone is 1. The number of rotatable bonds is 6. The number of carbonyl (C=O) groups is 1. The van der Waals surface area contributed by atoms with Crippen LogP contribution in [0.25, 0.3) is 16.8 Å². The Hall–Kier alpha value is -3.97. The third-order valence-electron chi connectivity index (χ3n) is 5.89. The summed E-state index contributed by atoms with van der Waals surface area (Å²) in [5, 5.41) is 2.32. The maximum absolute atomic E-state index is 13.2. The molecule has 35 heavy (non-hydrogen) atoms. The van der Waals surface area contributed by atoms with E-state index in [0.29, 0.717) is 33.0 Å². The highest BCUT2D eigenvalue weighted by Gasteiger charge is 2.21. The highest BCUT2D eigenvalue weighted by molar-refractivity contribution is 7.07. The van der Waals surface area contributed by atoms with Crippen LogP contribution in [0.15, 0.2) is 87.8 Å². The van der Waals surface area contributed by atoms with Crippen molar-refractivity contribution in [2.45, 2.75) is 27.0 Å². The van der Waals surface area contributed by atoms with E-state index in [9.17, 15) is 9.59 Å². The number of esters is 1. The molecule has 0 N–H and O–H groups in total. The molecule has 0 unspecified atom stereocenters. The van der Waals surface area contributed by atoms with Gasteiger partial charge >= 0.3 is 5.97 Å². The normalized spacial score (nSPS) is 13.5. The molecule has 0 spiro atoms. The molecule has 0 atom stereocenters. The van der Waals surface area contributed by atoms with Crippen molar-refractivity contribution in [3.63, 3.8) is 0 Å². The molecule has 0 saturated heterocycles. The van der Waals surface area contributed by atoms with Gasteiger partial charge in [0.25, 0.3) is 5.56 Å². The number of para-hydroxylation sites is 1. The fraction of sp³-hybridized carbons (Fsp3) is 0.179. The summed E-state index contributed by atoms with van der Waals surface area (Å²) in [5.74, 6) is 0.255. The van der Waals surface area contributed by atoms with Crippen LogP contribution in [-0.2, 0) is 22.7 Å². The predicted octanol–water partition coefficient (Wildman–Crippen LogP) is 3.94. The second kappa shape index (κ2) is 9.72. The third kappa shape index (κ3) is 4.55. The number of benzene rings is 3. The van der Waals surface area contributed by atoms with Gasteiger partial charge in [0.2, 0.25) is 0 Å². The number of nitrogens with zero attached hydrogens (tertiary/aromatic N) is 2. The molecule has 0 amide bonds. The fourth-order valence-electron chi connectivity index (χ4n) is 4.09. The van der Waals surface area contributed by atoms with Crippen LogP contribution >= 0.6 is 11.3 Å². The van der Waals surface area contributed by atoms with Crippen molar-refractivity contribution in [2.24, 2.45) is 4.99 Å². The highest BCUT2D eigenvalue weighted by atomic mass is 32.1. The van der Waals surface area contributed by atoms with Gasteiger partial charge in [0.15, 0.2) is 4.80 Å². The van der Waals surface area contributed by atoms with Gasteiger partial charge in [-0.1, -0.05) is 72.0 Å². The Kier molecular flexibility index (Phi) is 6.33. The molecule has 3 aromatic carbocycles. The number of aromatic nitrogens is 1. The maximum Gasteiger partial charge on any atom is 0.337 e. The molecule has 7 heteroatoms. The first-order valence-corrected chi connectivity index (χ1v) is 12.2. The van der Waals surface area contributed by atoms with E-state index >= 15 is 0 Å². The Labute approximate surface area is 206 Å². The van der Waals surface area contributed by atoms with Crippen molar-refractivity contribution in [2.75, 3.05) is 6.61 Å². The van der Waals surface area contributed by atoms with E-state index < -0.39 is 5.97 Å². The van der Waals surface area contributed by atoms with Crippen LogP contribution in [0.3, 0.4) is 0 Å². The quantitative estimate of drug-likeness (QED) is 0.389. The van der Waals surface area contributed by atoms with Crippen LogP contribution in [0.4, 0.5) is 0 Å². The van der Waals surface area contributed by atoms with Gasteiger partial charge in [-0.25, -0.2) is 9.79 Å². The summed E-state index contributed by atoms with van der Waals surface area (Å²) >= 11 is 1.30. The molecule has 0 bridgehead atoms. The lowest BCUT2D eigenvalue weighted by atomic mass is 10.1. The average molecular weight is 485 g/mol. The Bertz CT molecular complexity index is 1640. The zero-order valence-electron chi connectivity index (χ0n) is 19.5. The van der Waals surface area contributed by atoms with Gasteiger partial charge in [0, 0.05) is 5.56 Å². The minimum atomic E-state index is -0.435. The first kappa shape index (κ1) is 22.8. The Morgan fingerprint density at radius 2 is 1.86 bits per heavy atom. The minimum absolute atomic E-state index is 0.159. The number of ether oxygens (including phenoxy) is 2. The molecule has 0 aliphatic carbocycles. The van der Waals surface area contributed by atoms with E-state index in [-0.39, 0.29) is 18.7 Å². The molecular formula is C28H24N2O4S. The van der Waals surface area contributed by atoms with Crippen molar-refractivity contribution < 1.29 is 14.3 Å². The zero-order chi connectivity index (χ0) is 24.4. The van der Waals surface area contributed by atoms with Gasteiger partial charge in [-0.3, -0.25) is 9.36 Å². The summed E-state index contributed by atoms with van der Waals surface area (Å²) in [6.45, 7) is 4.36. The van der Waals surface area contributed by atoms with Crippen LogP contribution in [0.5, 0.6) is 5.75 Å². The molecule has 5 rings (SSSR count). The molecule has 2 heterocycles. The van der Waals surface area contributed by atoms with Crippen molar-refractivity contribution in [3.8, 4) is 5.75 Å². The van der Waals surface area contributed by atoms with Crippen LogP contribution < -0.4 is 19.6 Å². The molecule has 4 aromatic rings. The number of fused-ring (bicyclic) bond motifs is 2. The first-order valence-electron chi connectivity index (χ1n) is 11.4. The summed E-state index contributed by atoms with van der Waals surface area (Å²) in [6, 6.07) is 22.0. The lowest BCUT2D eigenvalue weighted by molar-refractivity contribution is -0.138. The number of carbonyl (C=O) groups excluding carboxylic acids is 1. The van der Waals surface area contributed by atoms with E-state index in [1.807, 2.05) is 48.5 Å². The van der Waals surface area contributed by atoms with Crippen LogP contribution in [0, 0.1) is 0 Å². The maximum atomic E-state index is 13.2. The third-order valence-corrected chi connectivity index (χ3v) is 6.90. The van der Waals surface area contributed by atoms with Crippen molar-refractivity contribution >= 4 is 34.2 Å². The Morgan fingerprint density at radius 3 is 2.71 bits per heavy atom. The summed E-state index contributed by atoms with van der Waals surface area (Å²) in [6.07, 6.45) is 1.83. The number of thiazole rings is 1. The van der Waals surface area contributed by atoms with Gasteiger partial charge in [-0.05, 0) is 42.3 Å². The van der Waals surface area contributed by atoms with E-state index in [1.165, 1.54) is 21.3 Å². The number of hydrogen-bond donors (Lipinski definition) is 0. The standard InChI is InChI=1S/C28H24N2O4S/c1-3-33-27(32)23-16-30-26(31)25(35-28(30)29-18(23)2)15-20-10-5-7-14-24(20)34-17-21-12-8-11-19-9-4-6-13-22(19)21/h4-15H,3,16-17H2,1-2H3. The Morgan fingerprint density at radius 1 is 1.09 bits per heavy atom. The van der Waals surface area contributed by atoms with E-state index in [4.69, 9.17) is 9.47 Å². The highest BCUT2D eigenvalue weighted by Crippen LogP contribution is 2.23. The minimum Gasteiger partial charge on any atom is -0.488 e. The lowest BCUT2D eigenvalue weighted by Crippen LogP contribution is -2.35. The fourth-order valence-corrected chi connectivity index (χ4v) is 5.11. The molecule has 1 aromatic heterocycles. The van der Waals surface area contributed by atoms with Crippen LogP contribution in [0.2, 0.25) is 0 Å². The second-order valence-electron chi connectivity index (χ2n) is 8.15. The van der Waals surface area contributed by atoms with Crippen molar-refractivity contribution in [1.29, 1.82) is 0 Å². The van der Waals surface area contributed by atoms with Gasteiger partial charge in [0.05, 0.1) is 29.0 Å². The smallest absolute Gasteiger partial charge is 0.337 e. The molecule has 0 radical (unpaired) electrons. The zero-order valence-corrected chi connectivity index (χ0v) is 20.3. The van der Waals surface area contributed by atoms with E-state index in [0.717, 1.165) is 16.5 Å².